The van der Waals surface area contributed by atoms with Crippen molar-refractivity contribution in [3.05, 3.63) is 53.1 Å². The number of hydrogen-bond acceptors (Lipinski definition) is 4. The van der Waals surface area contributed by atoms with Crippen LogP contribution < -0.4 is 0 Å². The lowest BCUT2D eigenvalue weighted by Gasteiger charge is -2.11. The van der Waals surface area contributed by atoms with E-state index in [1.807, 2.05) is 0 Å². The average molecular weight is 393 g/mol. The van der Waals surface area contributed by atoms with Gasteiger partial charge in [-0.05, 0) is 29.8 Å². The molecule has 0 amide bonds. The predicted molar refractivity (Wildman–Crippen MR) is 85.7 cm³/mol. The molecule has 0 atom stereocenters. The maximum Gasteiger partial charge on any atom is 0.416 e. The van der Waals surface area contributed by atoms with Gasteiger partial charge in [-0.3, -0.25) is 4.79 Å². The molecule has 9 heteroatoms. The van der Waals surface area contributed by atoms with Crippen molar-refractivity contribution in [3.8, 4) is 11.1 Å². The Morgan fingerprint density at radius 2 is 1.72 bits per heavy atom. The van der Waals surface area contributed by atoms with Crippen LogP contribution in [0.4, 0.5) is 13.2 Å². The third-order valence-electron chi connectivity index (χ3n) is 3.24. The molecule has 0 radical (unpaired) electrons. The van der Waals surface area contributed by atoms with E-state index >= 15 is 0 Å². The van der Waals surface area contributed by atoms with E-state index < -0.39 is 33.5 Å². The number of benzene rings is 2. The van der Waals surface area contributed by atoms with Crippen LogP contribution in [0.25, 0.3) is 11.1 Å². The Hall–Kier alpha value is -2.06. The maximum absolute atomic E-state index is 12.7. The molecule has 0 spiro atoms. The third kappa shape index (κ3) is 4.73. The Bertz CT molecular complexity index is 891. The van der Waals surface area contributed by atoms with Crippen LogP contribution in [0.3, 0.4) is 0 Å². The summed E-state index contributed by atoms with van der Waals surface area (Å²) in [7, 11) is -3.82. The molecule has 0 fully saturated rings. The summed E-state index contributed by atoms with van der Waals surface area (Å²) in [4.78, 5) is 10.6. The molecule has 0 N–H and O–H groups in total. The Balaban J connectivity index is 2.30. The van der Waals surface area contributed by atoms with Crippen molar-refractivity contribution in [2.45, 2.75) is 18.0 Å². The molecule has 0 aromatic heterocycles. The number of sulfone groups is 1. The van der Waals surface area contributed by atoms with Crippen LogP contribution in [0.1, 0.15) is 12.5 Å². The molecule has 0 bridgehead atoms. The molecule has 4 nitrogen and oxygen atoms in total. The number of rotatable bonds is 4. The molecule has 134 valence electrons. The van der Waals surface area contributed by atoms with Gasteiger partial charge in [-0.25, -0.2) is 8.42 Å². The van der Waals surface area contributed by atoms with Gasteiger partial charge in [-0.15, -0.1) is 0 Å². The van der Waals surface area contributed by atoms with Crippen LogP contribution in [-0.2, 0) is 25.5 Å². The second kappa shape index (κ2) is 7.05. The fraction of sp³-hybridized carbons (Fsp3) is 0.188. The smallest absolute Gasteiger partial charge is 0.416 e. The molecular formula is C16H12ClF3O4S. The minimum absolute atomic E-state index is 0.0828. The van der Waals surface area contributed by atoms with E-state index in [1.54, 1.807) is 0 Å². The van der Waals surface area contributed by atoms with Crippen molar-refractivity contribution in [1.29, 1.82) is 0 Å². The molecule has 0 saturated carbocycles. The van der Waals surface area contributed by atoms with Crippen molar-refractivity contribution in [2.24, 2.45) is 0 Å². The first kappa shape index (κ1) is 19.3. The summed E-state index contributed by atoms with van der Waals surface area (Å²) in [5, 5.41) is -0.106. The largest absolute Gasteiger partial charge is 0.449 e. The minimum Gasteiger partial charge on any atom is -0.449 e. The number of ether oxygens (including phenoxy) is 1. The van der Waals surface area contributed by atoms with Crippen molar-refractivity contribution >= 4 is 27.4 Å². The lowest BCUT2D eigenvalue weighted by Crippen LogP contribution is -2.12. The number of carbonyl (C=O) groups excluding carboxylic acids is 1. The van der Waals surface area contributed by atoms with Gasteiger partial charge in [0.25, 0.3) is 0 Å². The van der Waals surface area contributed by atoms with Gasteiger partial charge in [0.1, 0.15) is 0 Å². The number of halogens is 4. The van der Waals surface area contributed by atoms with E-state index in [0.29, 0.717) is 11.1 Å². The van der Waals surface area contributed by atoms with E-state index in [4.69, 9.17) is 11.6 Å². The molecule has 0 aliphatic heterocycles. The van der Waals surface area contributed by atoms with Gasteiger partial charge in [-0.2, -0.15) is 13.2 Å². The highest BCUT2D eigenvalue weighted by atomic mass is 35.5. The van der Waals surface area contributed by atoms with E-state index in [1.165, 1.54) is 30.3 Å². The van der Waals surface area contributed by atoms with Gasteiger partial charge >= 0.3 is 12.1 Å². The van der Waals surface area contributed by atoms with Crippen molar-refractivity contribution in [3.63, 3.8) is 0 Å². The molecule has 0 aliphatic carbocycles. The summed E-state index contributed by atoms with van der Waals surface area (Å²) >= 11 is 5.91. The van der Waals surface area contributed by atoms with Crippen molar-refractivity contribution in [2.75, 3.05) is 5.94 Å². The monoisotopic (exact) mass is 392 g/mol. The number of esters is 1. The number of alkyl halides is 3. The second-order valence-corrected chi connectivity index (χ2v) is 7.43. The zero-order valence-corrected chi connectivity index (χ0v) is 14.4. The van der Waals surface area contributed by atoms with E-state index in [0.717, 1.165) is 19.1 Å². The molecule has 2 aromatic carbocycles. The van der Waals surface area contributed by atoms with E-state index in [2.05, 4.69) is 4.74 Å². The minimum atomic E-state index is -4.50. The molecular weight excluding hydrogens is 381 g/mol. The number of carbonyl (C=O) groups is 1. The summed E-state index contributed by atoms with van der Waals surface area (Å²) in [6, 6.07) is 8.27. The van der Waals surface area contributed by atoms with Gasteiger partial charge < -0.3 is 4.74 Å². The molecule has 25 heavy (non-hydrogen) atoms. The van der Waals surface area contributed by atoms with Gasteiger partial charge in [0.15, 0.2) is 5.94 Å². The average Bonchev–Trinajstić information content (AvgIpc) is 2.52. The summed E-state index contributed by atoms with van der Waals surface area (Å²) in [6.45, 7) is 1.09. The van der Waals surface area contributed by atoms with Crippen molar-refractivity contribution in [1.82, 2.24) is 0 Å². The highest BCUT2D eigenvalue weighted by Crippen LogP contribution is 2.35. The zero-order valence-electron chi connectivity index (χ0n) is 12.8. The lowest BCUT2D eigenvalue weighted by molar-refractivity contribution is -0.139. The molecule has 2 aromatic rings. The third-order valence-corrected chi connectivity index (χ3v) is 4.97. The SMILES string of the molecule is CC(=O)OCS(=O)(=O)c1ccc(-c2ccc(C(F)(F)F)cc2Cl)cc1. The van der Waals surface area contributed by atoms with Crippen LogP contribution in [-0.4, -0.2) is 20.3 Å². The fourth-order valence-electron chi connectivity index (χ4n) is 2.00. The first-order valence-electron chi connectivity index (χ1n) is 6.84. The first-order chi connectivity index (χ1) is 11.5. The van der Waals surface area contributed by atoms with Crippen LogP contribution in [0.2, 0.25) is 5.02 Å². The van der Waals surface area contributed by atoms with Gasteiger partial charge in [0.05, 0.1) is 10.5 Å². The topological polar surface area (TPSA) is 60.4 Å². The van der Waals surface area contributed by atoms with Crippen LogP contribution in [0.5, 0.6) is 0 Å². The Morgan fingerprint density at radius 3 is 2.20 bits per heavy atom. The maximum atomic E-state index is 12.7. The number of hydrogen-bond donors (Lipinski definition) is 0. The quantitative estimate of drug-likeness (QED) is 0.727. The molecule has 0 aliphatic rings. The van der Waals surface area contributed by atoms with Crippen LogP contribution in [0.15, 0.2) is 47.4 Å². The van der Waals surface area contributed by atoms with Crippen LogP contribution in [0, 0.1) is 0 Å². The van der Waals surface area contributed by atoms with Gasteiger partial charge in [-0.1, -0.05) is 29.8 Å². The van der Waals surface area contributed by atoms with Gasteiger partial charge in [0, 0.05) is 17.5 Å². The Kier molecular flexibility index (Phi) is 5.43. The summed E-state index contributed by atoms with van der Waals surface area (Å²) in [5.41, 5.74) is -0.0920. The van der Waals surface area contributed by atoms with Gasteiger partial charge in [0.2, 0.25) is 9.84 Å². The zero-order chi connectivity index (χ0) is 18.8. The highest BCUT2D eigenvalue weighted by Gasteiger charge is 2.31. The predicted octanol–water partition coefficient (Wildman–Crippen LogP) is 4.32. The fourth-order valence-corrected chi connectivity index (χ4v) is 3.29. The van der Waals surface area contributed by atoms with E-state index in [9.17, 15) is 26.4 Å². The summed E-state index contributed by atoms with van der Waals surface area (Å²) in [5.74, 6) is -1.51. The highest BCUT2D eigenvalue weighted by molar-refractivity contribution is 7.91. The Morgan fingerprint density at radius 1 is 1.12 bits per heavy atom. The molecule has 0 heterocycles. The summed E-state index contributed by atoms with van der Waals surface area (Å²) in [6.07, 6.45) is -4.50. The standard InChI is InChI=1S/C16H12ClF3O4S/c1-10(21)24-9-25(22,23)13-5-2-11(3-6-13)14-7-4-12(8-15(14)17)16(18,19)20/h2-8H,9H2,1H3. The van der Waals surface area contributed by atoms with Crippen LogP contribution >= 0.6 is 11.6 Å². The normalized spacial score (nSPS) is 12.0. The molecule has 0 saturated heterocycles. The molecule has 0 unspecified atom stereocenters. The van der Waals surface area contributed by atoms with E-state index in [-0.39, 0.29) is 9.92 Å². The second-order valence-electron chi connectivity index (χ2n) is 5.09. The summed E-state index contributed by atoms with van der Waals surface area (Å²) < 4.78 is 66.4. The lowest BCUT2D eigenvalue weighted by atomic mass is 10.0. The van der Waals surface area contributed by atoms with Crippen molar-refractivity contribution < 1.29 is 31.1 Å². The first-order valence-corrected chi connectivity index (χ1v) is 8.87. The Labute approximate surface area is 147 Å². The molecule has 2 rings (SSSR count).